The van der Waals surface area contributed by atoms with Crippen LogP contribution in [-0.2, 0) is 14.4 Å². The highest BCUT2D eigenvalue weighted by molar-refractivity contribution is 6.31. The number of aryl methyl sites for hydroxylation is 2. The maximum Gasteiger partial charge on any atom is 0.273 e. The highest BCUT2D eigenvalue weighted by atomic mass is 16.6. The summed E-state index contributed by atoms with van der Waals surface area (Å²) in [6, 6.07) is 9.24. The van der Waals surface area contributed by atoms with Gasteiger partial charge in [-0.2, -0.15) is 0 Å². The first-order chi connectivity index (χ1) is 13.8. The van der Waals surface area contributed by atoms with Crippen LogP contribution >= 0.6 is 0 Å². The average Bonchev–Trinajstić information content (AvgIpc) is 2.68. The van der Waals surface area contributed by atoms with E-state index in [9.17, 15) is 19.7 Å². The number of nitro groups is 1. The summed E-state index contributed by atoms with van der Waals surface area (Å²) >= 11 is 0. The van der Waals surface area contributed by atoms with Gasteiger partial charge in [-0.05, 0) is 43.2 Å². The first-order valence-corrected chi connectivity index (χ1v) is 8.46. The molecule has 0 heterocycles. The number of carbonyl (C=O) groups excluding carboxylic acids is 2. The minimum absolute atomic E-state index is 0.120. The number of anilines is 2. The predicted molar refractivity (Wildman–Crippen MR) is 107 cm³/mol. The lowest BCUT2D eigenvalue weighted by molar-refractivity contribution is -0.384. The van der Waals surface area contributed by atoms with Gasteiger partial charge in [0, 0.05) is 11.8 Å². The number of ether oxygens (including phenoxy) is 1. The lowest BCUT2D eigenvalue weighted by Gasteiger charge is -2.08. The topological polar surface area (TPSA) is 132 Å². The molecule has 0 unspecified atom stereocenters. The maximum atomic E-state index is 11.9. The summed E-state index contributed by atoms with van der Waals surface area (Å²) in [6.07, 6.45) is 0.837. The van der Waals surface area contributed by atoms with Crippen molar-refractivity contribution in [3.05, 3.63) is 57.6 Å². The van der Waals surface area contributed by atoms with Crippen molar-refractivity contribution in [3.8, 4) is 5.75 Å². The molecule has 2 aromatic rings. The van der Waals surface area contributed by atoms with E-state index < -0.39 is 16.7 Å². The summed E-state index contributed by atoms with van der Waals surface area (Å²) in [7, 11) is 1.32. The molecule has 2 rings (SSSR count). The van der Waals surface area contributed by atoms with Gasteiger partial charge < -0.3 is 20.2 Å². The van der Waals surface area contributed by atoms with Crippen LogP contribution in [0.3, 0.4) is 0 Å². The standard InChI is InChI=1S/C19H20N4O6/c1-12-4-5-14(8-13(12)2)21-19(25)11-29-20-10-18(24)22-16-7-6-15(23(26)27)9-17(16)28-3/h4-10H,11H2,1-3H3,(H,21,25)(H,22,24)/b20-10-. The van der Waals surface area contributed by atoms with Crippen LogP contribution in [0.5, 0.6) is 5.75 Å². The summed E-state index contributed by atoms with van der Waals surface area (Å²) in [5.41, 5.74) is 2.84. The largest absolute Gasteiger partial charge is 0.494 e. The van der Waals surface area contributed by atoms with E-state index in [0.717, 1.165) is 17.3 Å². The predicted octanol–water partition coefficient (Wildman–Crippen LogP) is 2.80. The molecule has 29 heavy (non-hydrogen) atoms. The molecule has 10 heteroatoms. The van der Waals surface area contributed by atoms with Crippen LogP contribution in [-0.4, -0.2) is 36.7 Å². The molecule has 10 nitrogen and oxygen atoms in total. The Hall–Kier alpha value is -3.95. The molecule has 152 valence electrons. The van der Waals surface area contributed by atoms with Gasteiger partial charge in [0.2, 0.25) is 0 Å². The zero-order chi connectivity index (χ0) is 21.4. The Morgan fingerprint density at radius 1 is 1.14 bits per heavy atom. The number of nitro benzene ring substituents is 1. The Morgan fingerprint density at radius 3 is 2.55 bits per heavy atom. The second-order valence-electron chi connectivity index (χ2n) is 5.99. The monoisotopic (exact) mass is 400 g/mol. The third-order valence-corrected chi connectivity index (χ3v) is 3.88. The molecule has 0 bridgehead atoms. The molecule has 0 saturated carbocycles. The Morgan fingerprint density at radius 2 is 1.90 bits per heavy atom. The summed E-state index contributed by atoms with van der Waals surface area (Å²) in [6.45, 7) is 3.53. The van der Waals surface area contributed by atoms with Gasteiger partial charge in [-0.15, -0.1) is 0 Å². The van der Waals surface area contributed by atoms with E-state index in [1.165, 1.54) is 25.3 Å². The van der Waals surface area contributed by atoms with E-state index in [1.54, 1.807) is 6.07 Å². The van der Waals surface area contributed by atoms with Crippen molar-refractivity contribution in [2.24, 2.45) is 5.16 Å². The maximum absolute atomic E-state index is 11.9. The lowest BCUT2D eigenvalue weighted by atomic mass is 10.1. The minimum atomic E-state index is -0.660. The van der Waals surface area contributed by atoms with Crippen LogP contribution in [0.25, 0.3) is 0 Å². The number of benzene rings is 2. The quantitative estimate of drug-likeness (QED) is 0.398. The van der Waals surface area contributed by atoms with Crippen molar-refractivity contribution in [2.75, 3.05) is 24.4 Å². The summed E-state index contributed by atoms with van der Waals surface area (Å²) < 4.78 is 5.02. The van der Waals surface area contributed by atoms with E-state index in [2.05, 4.69) is 15.8 Å². The molecule has 0 aliphatic heterocycles. The molecule has 0 aliphatic carbocycles. The number of rotatable bonds is 8. The lowest BCUT2D eigenvalue weighted by Crippen LogP contribution is -2.18. The molecule has 0 spiro atoms. The van der Waals surface area contributed by atoms with Gasteiger partial charge in [0.25, 0.3) is 17.5 Å². The van der Waals surface area contributed by atoms with Crippen LogP contribution in [0, 0.1) is 24.0 Å². The van der Waals surface area contributed by atoms with Crippen molar-refractivity contribution >= 4 is 35.1 Å². The number of oxime groups is 1. The second kappa shape index (κ2) is 9.83. The molecule has 2 aromatic carbocycles. The fourth-order valence-electron chi connectivity index (χ4n) is 2.26. The smallest absolute Gasteiger partial charge is 0.273 e. The summed E-state index contributed by atoms with van der Waals surface area (Å²) in [4.78, 5) is 38.7. The average molecular weight is 400 g/mol. The zero-order valence-corrected chi connectivity index (χ0v) is 16.1. The van der Waals surface area contributed by atoms with Crippen molar-refractivity contribution < 1.29 is 24.1 Å². The second-order valence-corrected chi connectivity index (χ2v) is 5.99. The van der Waals surface area contributed by atoms with E-state index in [4.69, 9.17) is 9.57 Å². The number of methoxy groups -OCH3 is 1. The molecule has 0 fully saturated rings. The molecule has 0 saturated heterocycles. The third kappa shape index (κ3) is 6.31. The zero-order valence-electron chi connectivity index (χ0n) is 16.1. The van der Waals surface area contributed by atoms with Gasteiger partial charge in [0.1, 0.15) is 12.0 Å². The number of nitrogens with one attached hydrogen (secondary N) is 2. The van der Waals surface area contributed by atoms with Crippen LogP contribution < -0.4 is 15.4 Å². The number of nitrogens with zero attached hydrogens (tertiary/aromatic N) is 2. The normalized spacial score (nSPS) is 10.4. The Kier molecular flexibility index (Phi) is 7.24. The minimum Gasteiger partial charge on any atom is -0.494 e. The van der Waals surface area contributed by atoms with Gasteiger partial charge in [0.15, 0.2) is 6.61 Å². The van der Waals surface area contributed by atoms with Crippen molar-refractivity contribution in [2.45, 2.75) is 13.8 Å². The molecule has 0 aliphatic rings. The van der Waals surface area contributed by atoms with Crippen molar-refractivity contribution in [3.63, 3.8) is 0 Å². The van der Waals surface area contributed by atoms with E-state index >= 15 is 0 Å². The Labute approximate surface area is 166 Å². The van der Waals surface area contributed by atoms with E-state index in [0.29, 0.717) is 5.69 Å². The van der Waals surface area contributed by atoms with Gasteiger partial charge in [-0.25, -0.2) is 0 Å². The van der Waals surface area contributed by atoms with Crippen molar-refractivity contribution in [1.82, 2.24) is 0 Å². The van der Waals surface area contributed by atoms with Crippen LogP contribution in [0.15, 0.2) is 41.6 Å². The summed E-state index contributed by atoms with van der Waals surface area (Å²) in [5, 5.41) is 19.3. The van der Waals surface area contributed by atoms with Crippen molar-refractivity contribution in [1.29, 1.82) is 0 Å². The molecule has 0 radical (unpaired) electrons. The molecule has 2 amide bonds. The SMILES string of the molecule is COc1cc([N+](=O)[O-])ccc1NC(=O)/C=N\OCC(=O)Nc1ccc(C)c(C)c1. The molecule has 2 N–H and O–H groups in total. The summed E-state index contributed by atoms with van der Waals surface area (Å²) in [5.74, 6) is -0.968. The van der Waals surface area contributed by atoms with E-state index in [-0.39, 0.29) is 23.7 Å². The number of carbonyl (C=O) groups is 2. The van der Waals surface area contributed by atoms with Gasteiger partial charge >= 0.3 is 0 Å². The number of hydrogen-bond donors (Lipinski definition) is 2. The van der Waals surface area contributed by atoms with Crippen LogP contribution in [0.1, 0.15) is 11.1 Å². The molecular weight excluding hydrogens is 380 g/mol. The Bertz CT molecular complexity index is 958. The van der Waals surface area contributed by atoms with Gasteiger partial charge in [-0.3, -0.25) is 19.7 Å². The highest BCUT2D eigenvalue weighted by Gasteiger charge is 2.12. The number of non-ortho nitro benzene ring substituents is 1. The number of hydrogen-bond acceptors (Lipinski definition) is 7. The molecule has 0 atom stereocenters. The van der Waals surface area contributed by atoms with Crippen LogP contribution in [0.2, 0.25) is 0 Å². The fourth-order valence-corrected chi connectivity index (χ4v) is 2.26. The number of amides is 2. The van der Waals surface area contributed by atoms with E-state index in [1.807, 2.05) is 26.0 Å². The first kappa shape index (κ1) is 21.4. The Balaban J connectivity index is 1.84. The first-order valence-electron chi connectivity index (χ1n) is 8.46. The molecule has 0 aromatic heterocycles. The fraction of sp³-hybridized carbons (Fsp3) is 0.211. The van der Waals surface area contributed by atoms with Gasteiger partial charge in [-0.1, -0.05) is 11.2 Å². The third-order valence-electron chi connectivity index (χ3n) is 3.88. The molecular formula is C19H20N4O6. The van der Waals surface area contributed by atoms with Gasteiger partial charge in [0.05, 0.1) is 23.8 Å². The van der Waals surface area contributed by atoms with Crippen LogP contribution in [0.4, 0.5) is 17.1 Å². The highest BCUT2D eigenvalue weighted by Crippen LogP contribution is 2.28.